The lowest BCUT2D eigenvalue weighted by Gasteiger charge is -2.27. The average molecular weight is 286 g/mol. The van der Waals surface area contributed by atoms with Gasteiger partial charge in [0, 0.05) is 16.7 Å². The molecule has 1 aromatic heterocycles. The van der Waals surface area contributed by atoms with Crippen LogP contribution in [0.2, 0.25) is 0 Å². The molecular formula is C11H16BrN3O. The van der Waals surface area contributed by atoms with Crippen LogP contribution in [0.1, 0.15) is 19.4 Å². The van der Waals surface area contributed by atoms with E-state index < -0.39 is 0 Å². The predicted octanol–water partition coefficient (Wildman–Crippen LogP) is 1.85. The number of pyridine rings is 1. The van der Waals surface area contributed by atoms with Gasteiger partial charge in [0.1, 0.15) is 5.82 Å². The summed E-state index contributed by atoms with van der Waals surface area (Å²) in [6.07, 6.45) is 1.72. The van der Waals surface area contributed by atoms with Crippen LogP contribution in [0, 0.1) is 6.92 Å². The number of amides is 1. The number of nitrogens with two attached hydrogens (primary N) is 1. The summed E-state index contributed by atoms with van der Waals surface area (Å²) in [4.78, 5) is 17.2. The fraction of sp³-hybridized carbons (Fsp3) is 0.455. The molecule has 0 aliphatic rings. The predicted molar refractivity (Wildman–Crippen MR) is 68.4 cm³/mol. The van der Waals surface area contributed by atoms with Crippen molar-refractivity contribution in [3.8, 4) is 0 Å². The highest BCUT2D eigenvalue weighted by molar-refractivity contribution is 9.10. The second-order valence-electron chi connectivity index (χ2n) is 3.98. The summed E-state index contributed by atoms with van der Waals surface area (Å²) in [5.41, 5.74) is 6.25. The Morgan fingerprint density at radius 1 is 1.62 bits per heavy atom. The maximum absolute atomic E-state index is 11.0. The highest BCUT2D eigenvalue weighted by Crippen LogP contribution is 2.22. The van der Waals surface area contributed by atoms with E-state index >= 15 is 0 Å². The van der Waals surface area contributed by atoms with Gasteiger partial charge in [-0.25, -0.2) is 4.98 Å². The second-order valence-corrected chi connectivity index (χ2v) is 4.90. The molecule has 1 aromatic rings. The SMILES string of the molecule is Cc1cc(Br)cnc1N(CC(N)=O)C(C)C. The molecule has 1 amide bonds. The van der Waals surface area contributed by atoms with Crippen LogP contribution in [0.25, 0.3) is 0 Å². The molecule has 0 aliphatic carbocycles. The first kappa shape index (κ1) is 13.0. The minimum absolute atomic E-state index is 0.180. The van der Waals surface area contributed by atoms with Gasteiger partial charge >= 0.3 is 0 Å². The van der Waals surface area contributed by atoms with E-state index in [2.05, 4.69) is 20.9 Å². The van der Waals surface area contributed by atoms with Crippen molar-refractivity contribution < 1.29 is 4.79 Å². The quantitative estimate of drug-likeness (QED) is 0.919. The lowest BCUT2D eigenvalue weighted by Crippen LogP contribution is -2.39. The van der Waals surface area contributed by atoms with Crippen molar-refractivity contribution in [1.82, 2.24) is 4.98 Å². The average Bonchev–Trinajstić information content (AvgIpc) is 2.14. The number of aromatic nitrogens is 1. The normalized spacial score (nSPS) is 10.6. The Kier molecular flexibility index (Phi) is 4.29. The van der Waals surface area contributed by atoms with E-state index in [0.29, 0.717) is 0 Å². The molecule has 0 radical (unpaired) electrons. The molecule has 0 atom stereocenters. The molecule has 1 rings (SSSR count). The molecule has 4 nitrogen and oxygen atoms in total. The smallest absolute Gasteiger partial charge is 0.237 e. The van der Waals surface area contributed by atoms with Crippen molar-refractivity contribution in [2.24, 2.45) is 5.73 Å². The van der Waals surface area contributed by atoms with Gasteiger partial charge in [-0.3, -0.25) is 4.79 Å². The summed E-state index contributed by atoms with van der Waals surface area (Å²) in [5.74, 6) is 0.454. The summed E-state index contributed by atoms with van der Waals surface area (Å²) in [7, 11) is 0. The summed E-state index contributed by atoms with van der Waals surface area (Å²) in [6, 6.07) is 2.15. The minimum atomic E-state index is -0.349. The van der Waals surface area contributed by atoms with Gasteiger partial charge < -0.3 is 10.6 Å². The topological polar surface area (TPSA) is 59.2 Å². The van der Waals surface area contributed by atoms with Gasteiger partial charge in [-0.1, -0.05) is 0 Å². The van der Waals surface area contributed by atoms with Gasteiger partial charge in [0.05, 0.1) is 6.54 Å². The third-order valence-corrected chi connectivity index (χ3v) is 2.67. The Bertz CT molecular complexity index is 393. The molecule has 0 saturated carbocycles. The second kappa shape index (κ2) is 5.30. The number of carbonyl (C=O) groups is 1. The molecule has 88 valence electrons. The Balaban J connectivity index is 3.05. The van der Waals surface area contributed by atoms with Crippen LogP contribution in [0.4, 0.5) is 5.82 Å². The van der Waals surface area contributed by atoms with Gasteiger partial charge in [-0.15, -0.1) is 0 Å². The van der Waals surface area contributed by atoms with Gasteiger partial charge in [0.2, 0.25) is 5.91 Å². The molecule has 0 aromatic carbocycles. The molecule has 0 unspecified atom stereocenters. The molecule has 0 fully saturated rings. The van der Waals surface area contributed by atoms with E-state index in [1.54, 1.807) is 6.20 Å². The summed E-state index contributed by atoms with van der Waals surface area (Å²) in [5, 5.41) is 0. The van der Waals surface area contributed by atoms with Crippen molar-refractivity contribution in [1.29, 1.82) is 0 Å². The van der Waals surface area contributed by atoms with E-state index in [-0.39, 0.29) is 18.5 Å². The summed E-state index contributed by atoms with van der Waals surface area (Å²) < 4.78 is 0.927. The van der Waals surface area contributed by atoms with Crippen LogP contribution in [0.5, 0.6) is 0 Å². The maximum Gasteiger partial charge on any atom is 0.237 e. The fourth-order valence-electron chi connectivity index (χ4n) is 1.50. The molecule has 5 heteroatoms. The number of halogens is 1. The van der Waals surface area contributed by atoms with Crippen LogP contribution in [-0.4, -0.2) is 23.5 Å². The molecule has 16 heavy (non-hydrogen) atoms. The first-order valence-electron chi connectivity index (χ1n) is 5.09. The molecule has 0 bridgehead atoms. The summed E-state index contributed by atoms with van der Waals surface area (Å²) in [6.45, 7) is 6.16. The molecular weight excluding hydrogens is 270 g/mol. The van der Waals surface area contributed by atoms with Gasteiger partial charge in [-0.2, -0.15) is 0 Å². The highest BCUT2D eigenvalue weighted by atomic mass is 79.9. The molecule has 0 aliphatic heterocycles. The van der Waals surface area contributed by atoms with Crippen molar-refractivity contribution in [3.63, 3.8) is 0 Å². The lowest BCUT2D eigenvalue weighted by molar-refractivity contribution is -0.116. The maximum atomic E-state index is 11.0. The fourth-order valence-corrected chi connectivity index (χ4v) is 1.95. The highest BCUT2D eigenvalue weighted by Gasteiger charge is 2.16. The number of hydrogen-bond donors (Lipinski definition) is 1. The largest absolute Gasteiger partial charge is 0.368 e. The van der Waals surface area contributed by atoms with Crippen molar-refractivity contribution in [2.75, 3.05) is 11.4 Å². The zero-order chi connectivity index (χ0) is 12.3. The number of primary amides is 1. The van der Waals surface area contributed by atoms with Crippen molar-refractivity contribution in [2.45, 2.75) is 26.8 Å². The van der Waals surface area contributed by atoms with Crippen LogP contribution in [-0.2, 0) is 4.79 Å². The Labute approximate surface area is 104 Å². The molecule has 0 spiro atoms. The van der Waals surface area contributed by atoms with Crippen molar-refractivity contribution >= 4 is 27.7 Å². The van der Waals surface area contributed by atoms with E-state index in [1.807, 2.05) is 31.7 Å². The zero-order valence-electron chi connectivity index (χ0n) is 9.70. The number of anilines is 1. The molecule has 1 heterocycles. The third kappa shape index (κ3) is 3.20. The Morgan fingerprint density at radius 3 is 2.69 bits per heavy atom. The third-order valence-electron chi connectivity index (χ3n) is 2.24. The van der Waals surface area contributed by atoms with Crippen LogP contribution in [0.15, 0.2) is 16.7 Å². The Hall–Kier alpha value is -1.10. The van der Waals surface area contributed by atoms with E-state index in [4.69, 9.17) is 5.73 Å². The van der Waals surface area contributed by atoms with E-state index in [9.17, 15) is 4.79 Å². The number of aryl methyl sites for hydroxylation is 1. The number of rotatable bonds is 4. The molecule has 0 saturated heterocycles. The summed E-state index contributed by atoms with van der Waals surface area (Å²) >= 11 is 3.36. The zero-order valence-corrected chi connectivity index (χ0v) is 11.3. The van der Waals surface area contributed by atoms with Crippen LogP contribution >= 0.6 is 15.9 Å². The van der Waals surface area contributed by atoms with Gasteiger partial charge in [0.25, 0.3) is 0 Å². The monoisotopic (exact) mass is 285 g/mol. The number of carbonyl (C=O) groups excluding carboxylic acids is 1. The number of nitrogens with zero attached hydrogens (tertiary/aromatic N) is 2. The first-order chi connectivity index (χ1) is 7.41. The molecule has 2 N–H and O–H groups in total. The minimum Gasteiger partial charge on any atom is -0.368 e. The van der Waals surface area contributed by atoms with Crippen LogP contribution in [0.3, 0.4) is 0 Å². The van der Waals surface area contributed by atoms with Crippen molar-refractivity contribution in [3.05, 3.63) is 22.3 Å². The van der Waals surface area contributed by atoms with E-state index in [0.717, 1.165) is 15.9 Å². The lowest BCUT2D eigenvalue weighted by atomic mass is 10.2. The number of hydrogen-bond acceptors (Lipinski definition) is 3. The standard InChI is InChI=1S/C11H16BrN3O/c1-7(2)15(6-10(13)16)11-8(3)4-9(12)5-14-11/h4-5,7H,6H2,1-3H3,(H2,13,16). The van der Waals surface area contributed by atoms with E-state index in [1.165, 1.54) is 0 Å². The van der Waals surface area contributed by atoms with Crippen LogP contribution < -0.4 is 10.6 Å². The van der Waals surface area contributed by atoms with Gasteiger partial charge in [-0.05, 0) is 48.3 Å². The Morgan fingerprint density at radius 2 is 2.25 bits per heavy atom. The van der Waals surface area contributed by atoms with Gasteiger partial charge in [0.15, 0.2) is 0 Å². The first-order valence-corrected chi connectivity index (χ1v) is 5.88.